The minimum atomic E-state index is -1.06. The second-order valence-electron chi connectivity index (χ2n) is 5.81. The van der Waals surface area contributed by atoms with Gasteiger partial charge in [0.2, 0.25) is 0 Å². The minimum absolute atomic E-state index is 0.0949. The molecule has 4 rings (SSSR count). The van der Waals surface area contributed by atoms with Gasteiger partial charge in [-0.2, -0.15) is 5.10 Å². The highest BCUT2D eigenvalue weighted by Gasteiger charge is 2.17. The van der Waals surface area contributed by atoms with Crippen molar-refractivity contribution in [2.75, 3.05) is 0 Å². The Balaban J connectivity index is 1.88. The first-order valence-corrected chi connectivity index (χ1v) is 7.87. The second-order valence-corrected chi connectivity index (χ2v) is 5.81. The molecular formula is C17H14N6O3. The molecule has 3 heterocycles. The first-order chi connectivity index (χ1) is 12.5. The van der Waals surface area contributed by atoms with Gasteiger partial charge >= 0.3 is 5.97 Å². The van der Waals surface area contributed by atoms with Crippen LogP contribution in [-0.2, 0) is 24.8 Å². The number of fused-ring (bicyclic) bond motifs is 2. The lowest BCUT2D eigenvalue weighted by atomic mass is 10.2. The molecule has 0 radical (unpaired) electrons. The number of carbonyl (C=O) groups is 1. The fourth-order valence-corrected chi connectivity index (χ4v) is 2.91. The normalized spacial score (nSPS) is 11.3. The van der Waals surface area contributed by atoms with Crippen molar-refractivity contribution in [2.45, 2.75) is 13.0 Å². The van der Waals surface area contributed by atoms with Crippen molar-refractivity contribution in [2.24, 2.45) is 7.05 Å². The van der Waals surface area contributed by atoms with E-state index in [1.54, 1.807) is 0 Å². The van der Waals surface area contributed by atoms with Crippen LogP contribution in [0.2, 0.25) is 0 Å². The molecule has 3 aromatic heterocycles. The average molecular weight is 350 g/mol. The number of carboxylic acids is 1. The third kappa shape index (κ3) is 2.59. The van der Waals surface area contributed by atoms with Crippen LogP contribution < -0.4 is 5.56 Å². The molecule has 26 heavy (non-hydrogen) atoms. The highest BCUT2D eigenvalue weighted by Crippen LogP contribution is 2.15. The summed E-state index contributed by atoms with van der Waals surface area (Å²) < 4.78 is 3.07. The summed E-state index contributed by atoms with van der Waals surface area (Å²) in [5.41, 5.74) is 1.80. The van der Waals surface area contributed by atoms with Crippen LogP contribution in [0.1, 0.15) is 11.5 Å². The lowest BCUT2D eigenvalue weighted by Crippen LogP contribution is -2.28. The first kappa shape index (κ1) is 15.9. The summed E-state index contributed by atoms with van der Waals surface area (Å²) >= 11 is 0. The van der Waals surface area contributed by atoms with Crippen molar-refractivity contribution in [3.63, 3.8) is 0 Å². The summed E-state index contributed by atoms with van der Waals surface area (Å²) in [6, 6.07) is 7.62. The Labute approximate surface area is 146 Å². The summed E-state index contributed by atoms with van der Waals surface area (Å²) in [6.07, 6.45) is 2.45. The summed E-state index contributed by atoms with van der Waals surface area (Å²) in [5, 5.41) is 13.3. The van der Waals surface area contributed by atoms with Crippen LogP contribution in [-0.4, -0.2) is 40.4 Å². The third-order valence-electron chi connectivity index (χ3n) is 4.14. The molecule has 1 N–H and O–H groups in total. The highest BCUT2D eigenvalue weighted by molar-refractivity contribution is 5.80. The third-order valence-corrected chi connectivity index (χ3v) is 4.14. The van der Waals surface area contributed by atoms with E-state index in [0.717, 1.165) is 11.0 Å². The number of aromatic nitrogens is 6. The molecule has 0 saturated heterocycles. The van der Waals surface area contributed by atoms with E-state index in [1.807, 2.05) is 35.9 Å². The monoisotopic (exact) mass is 350 g/mol. The molecular weight excluding hydrogens is 336 g/mol. The molecule has 0 saturated carbocycles. The van der Waals surface area contributed by atoms with Gasteiger partial charge in [0.1, 0.15) is 23.6 Å². The number of imidazole rings is 1. The molecule has 0 amide bonds. The number of aryl methyl sites for hydroxylation is 1. The molecule has 0 unspecified atom stereocenters. The van der Waals surface area contributed by atoms with E-state index in [0.29, 0.717) is 5.82 Å². The first-order valence-electron chi connectivity index (χ1n) is 7.87. The van der Waals surface area contributed by atoms with Gasteiger partial charge in [-0.3, -0.25) is 14.6 Å². The highest BCUT2D eigenvalue weighted by atomic mass is 16.4. The molecule has 0 aliphatic rings. The van der Waals surface area contributed by atoms with E-state index in [9.17, 15) is 9.59 Å². The molecule has 130 valence electrons. The number of benzene rings is 1. The number of nitrogens with zero attached hydrogens (tertiary/aromatic N) is 6. The maximum absolute atomic E-state index is 12.7. The van der Waals surface area contributed by atoms with E-state index in [4.69, 9.17) is 5.11 Å². The molecule has 0 bridgehead atoms. The molecule has 0 spiro atoms. The van der Waals surface area contributed by atoms with E-state index >= 15 is 0 Å². The van der Waals surface area contributed by atoms with Gasteiger partial charge in [0.05, 0.1) is 17.5 Å². The standard InChI is InChI=1S/C17H14N6O3/c1-22-12-5-3-2-4-10(12)20-13(22)9-23-17(26)16-15(18-6-7-19-16)11(21-23)8-14(24)25/h2-7H,8-9H2,1H3,(H,24,25). The Morgan fingerprint density at radius 3 is 2.62 bits per heavy atom. The Hall–Kier alpha value is -3.62. The van der Waals surface area contributed by atoms with Crippen LogP contribution >= 0.6 is 0 Å². The van der Waals surface area contributed by atoms with Crippen molar-refractivity contribution in [3.8, 4) is 0 Å². The van der Waals surface area contributed by atoms with Crippen LogP contribution in [0.3, 0.4) is 0 Å². The maximum Gasteiger partial charge on any atom is 0.309 e. The van der Waals surface area contributed by atoms with Crippen LogP contribution in [0.4, 0.5) is 0 Å². The zero-order valence-electron chi connectivity index (χ0n) is 13.8. The molecule has 4 aromatic rings. The van der Waals surface area contributed by atoms with Crippen LogP contribution in [0.15, 0.2) is 41.5 Å². The molecule has 9 nitrogen and oxygen atoms in total. The molecule has 0 fully saturated rings. The largest absolute Gasteiger partial charge is 0.481 e. The Morgan fingerprint density at radius 2 is 1.88 bits per heavy atom. The van der Waals surface area contributed by atoms with Crippen molar-refractivity contribution in [1.29, 1.82) is 0 Å². The summed E-state index contributed by atoms with van der Waals surface area (Å²) in [7, 11) is 1.86. The van der Waals surface area contributed by atoms with Gasteiger partial charge in [-0.05, 0) is 12.1 Å². The smallest absolute Gasteiger partial charge is 0.309 e. The van der Waals surface area contributed by atoms with Gasteiger partial charge < -0.3 is 9.67 Å². The van der Waals surface area contributed by atoms with E-state index < -0.39 is 11.5 Å². The molecule has 0 aliphatic heterocycles. The van der Waals surface area contributed by atoms with Crippen molar-refractivity contribution >= 4 is 28.0 Å². The molecule has 0 aliphatic carbocycles. The topological polar surface area (TPSA) is 116 Å². The Kier molecular flexibility index (Phi) is 3.68. The maximum atomic E-state index is 12.7. The summed E-state index contributed by atoms with van der Waals surface area (Å²) in [6.45, 7) is 0.100. The fourth-order valence-electron chi connectivity index (χ4n) is 2.91. The predicted octanol–water partition coefficient (Wildman–Crippen LogP) is 0.749. The van der Waals surface area contributed by atoms with Gasteiger partial charge in [0.25, 0.3) is 5.56 Å². The fraction of sp³-hybridized carbons (Fsp3) is 0.176. The van der Waals surface area contributed by atoms with Crippen molar-refractivity contribution in [3.05, 3.63) is 58.5 Å². The number of aliphatic carboxylic acids is 1. The number of rotatable bonds is 4. The zero-order chi connectivity index (χ0) is 18.3. The van der Waals surface area contributed by atoms with Gasteiger partial charge in [-0.25, -0.2) is 14.6 Å². The van der Waals surface area contributed by atoms with Crippen molar-refractivity contribution < 1.29 is 9.90 Å². The Bertz CT molecular complexity index is 1210. The van der Waals surface area contributed by atoms with Crippen molar-refractivity contribution in [1.82, 2.24) is 29.3 Å². The number of hydrogen-bond donors (Lipinski definition) is 1. The van der Waals surface area contributed by atoms with Crippen LogP contribution in [0.5, 0.6) is 0 Å². The summed E-state index contributed by atoms with van der Waals surface area (Å²) in [4.78, 5) is 36.5. The molecule has 0 atom stereocenters. The van der Waals surface area contributed by atoms with E-state index in [1.165, 1.54) is 17.1 Å². The minimum Gasteiger partial charge on any atom is -0.481 e. The summed E-state index contributed by atoms with van der Waals surface area (Å²) in [5.74, 6) is -0.428. The van der Waals surface area contributed by atoms with Gasteiger partial charge in [0.15, 0.2) is 5.52 Å². The molecule has 1 aromatic carbocycles. The quantitative estimate of drug-likeness (QED) is 0.577. The lowest BCUT2D eigenvalue weighted by molar-refractivity contribution is -0.136. The van der Waals surface area contributed by atoms with E-state index in [-0.39, 0.29) is 29.7 Å². The second kappa shape index (κ2) is 6.03. The Morgan fingerprint density at radius 1 is 1.15 bits per heavy atom. The van der Waals surface area contributed by atoms with Crippen LogP contribution in [0, 0.1) is 0 Å². The SMILES string of the molecule is Cn1c(Cn2nc(CC(=O)O)c3nccnc3c2=O)nc2ccccc21. The van der Waals surface area contributed by atoms with Gasteiger partial charge in [-0.15, -0.1) is 0 Å². The number of carboxylic acid groups (broad SMARTS) is 1. The zero-order valence-corrected chi connectivity index (χ0v) is 13.8. The lowest BCUT2D eigenvalue weighted by Gasteiger charge is -2.09. The van der Waals surface area contributed by atoms with Gasteiger partial charge in [-0.1, -0.05) is 12.1 Å². The average Bonchev–Trinajstić information content (AvgIpc) is 2.95. The van der Waals surface area contributed by atoms with E-state index in [2.05, 4.69) is 20.1 Å². The van der Waals surface area contributed by atoms with Crippen LogP contribution in [0.25, 0.3) is 22.1 Å². The number of hydrogen-bond acceptors (Lipinski definition) is 6. The molecule has 9 heteroatoms. The number of para-hydroxylation sites is 2. The van der Waals surface area contributed by atoms with Gasteiger partial charge in [0, 0.05) is 19.4 Å². The predicted molar refractivity (Wildman–Crippen MR) is 92.7 cm³/mol.